The van der Waals surface area contributed by atoms with E-state index in [1.165, 1.54) is 6.08 Å². The third-order valence-electron chi connectivity index (χ3n) is 2.70. The third-order valence-corrected chi connectivity index (χ3v) is 2.70. The van der Waals surface area contributed by atoms with Crippen molar-refractivity contribution in [1.29, 1.82) is 0 Å². The van der Waals surface area contributed by atoms with Gasteiger partial charge in [-0.2, -0.15) is 0 Å². The molecule has 18 heavy (non-hydrogen) atoms. The number of nitrogens with zero attached hydrogens (tertiary/aromatic N) is 1. The van der Waals surface area contributed by atoms with E-state index in [0.717, 1.165) is 16.6 Å². The molecular weight excluding hydrogens is 226 g/mol. The van der Waals surface area contributed by atoms with Crippen molar-refractivity contribution in [3.05, 3.63) is 60.3 Å². The molecule has 0 bridgehead atoms. The Hall–Kier alpha value is -2.62. The molecule has 2 aromatic heterocycles. The lowest BCUT2D eigenvalue weighted by molar-refractivity contribution is 0.103. The molecule has 0 aliphatic carbocycles. The molecule has 0 aliphatic rings. The Morgan fingerprint density at radius 1 is 1.28 bits per heavy atom. The Morgan fingerprint density at radius 2 is 2.17 bits per heavy atom. The molecule has 4 nitrogen and oxygen atoms in total. The first-order valence-corrected chi connectivity index (χ1v) is 5.62. The monoisotopic (exact) mass is 237 g/mol. The van der Waals surface area contributed by atoms with Crippen LogP contribution in [0.4, 0.5) is 0 Å². The Kier molecular flexibility index (Phi) is 2.53. The summed E-state index contributed by atoms with van der Waals surface area (Å²) in [5, 5.41) is 1.13. The molecule has 2 heterocycles. The van der Waals surface area contributed by atoms with Crippen molar-refractivity contribution in [1.82, 2.24) is 15.0 Å². The number of hydrogen-bond donors (Lipinski definition) is 2. The van der Waals surface area contributed by atoms with Gasteiger partial charge in [-0.1, -0.05) is 18.2 Å². The number of fused-ring (bicyclic) bond motifs is 1. The van der Waals surface area contributed by atoms with Gasteiger partial charge in [0.05, 0.1) is 0 Å². The number of aromatic nitrogens is 3. The number of rotatable bonds is 3. The van der Waals surface area contributed by atoms with Crippen LogP contribution in [0.1, 0.15) is 16.3 Å². The molecule has 0 saturated heterocycles. The van der Waals surface area contributed by atoms with Crippen molar-refractivity contribution in [2.45, 2.75) is 0 Å². The number of H-pyrrole nitrogens is 2. The minimum absolute atomic E-state index is 0.140. The Morgan fingerprint density at radius 3 is 2.94 bits per heavy atom. The average Bonchev–Trinajstić information content (AvgIpc) is 3.04. The summed E-state index contributed by atoms with van der Waals surface area (Å²) >= 11 is 0. The van der Waals surface area contributed by atoms with Gasteiger partial charge in [0, 0.05) is 23.6 Å². The molecule has 0 spiro atoms. The number of aromatic amines is 2. The highest BCUT2D eigenvalue weighted by atomic mass is 16.1. The second-order valence-corrected chi connectivity index (χ2v) is 3.95. The van der Waals surface area contributed by atoms with Crippen LogP contribution in [0, 0.1) is 0 Å². The minimum atomic E-state index is -0.140. The quantitative estimate of drug-likeness (QED) is 0.543. The fourth-order valence-electron chi connectivity index (χ4n) is 1.83. The lowest BCUT2D eigenvalue weighted by Gasteiger charge is -1.87. The van der Waals surface area contributed by atoms with Crippen LogP contribution >= 0.6 is 0 Å². The number of para-hydroxylation sites is 1. The number of carbonyl (C=O) groups excluding carboxylic acids is 1. The molecule has 0 unspecified atom stereocenters. The van der Waals surface area contributed by atoms with E-state index in [2.05, 4.69) is 15.0 Å². The number of nitrogens with one attached hydrogen (secondary N) is 2. The summed E-state index contributed by atoms with van der Waals surface area (Å²) in [6, 6.07) is 9.98. The van der Waals surface area contributed by atoms with Crippen LogP contribution in [0.5, 0.6) is 0 Å². The van der Waals surface area contributed by atoms with Gasteiger partial charge in [0.2, 0.25) is 5.78 Å². The van der Waals surface area contributed by atoms with E-state index < -0.39 is 0 Å². The van der Waals surface area contributed by atoms with Gasteiger partial charge in [-0.05, 0) is 29.7 Å². The summed E-state index contributed by atoms with van der Waals surface area (Å²) in [7, 11) is 0. The van der Waals surface area contributed by atoms with E-state index in [0.29, 0.717) is 5.82 Å². The molecule has 3 rings (SSSR count). The van der Waals surface area contributed by atoms with E-state index in [1.54, 1.807) is 18.5 Å². The second kappa shape index (κ2) is 4.33. The second-order valence-electron chi connectivity index (χ2n) is 3.95. The van der Waals surface area contributed by atoms with Crippen molar-refractivity contribution in [2.75, 3.05) is 0 Å². The topological polar surface area (TPSA) is 61.5 Å². The maximum atomic E-state index is 11.7. The number of carbonyl (C=O) groups is 1. The zero-order valence-corrected chi connectivity index (χ0v) is 9.55. The van der Waals surface area contributed by atoms with Crippen LogP contribution in [-0.4, -0.2) is 20.7 Å². The molecular formula is C14H11N3O. The van der Waals surface area contributed by atoms with Gasteiger partial charge in [-0.25, -0.2) is 4.98 Å². The smallest absolute Gasteiger partial charge is 0.221 e. The summed E-state index contributed by atoms with van der Waals surface area (Å²) in [6.45, 7) is 0. The largest absolute Gasteiger partial charge is 0.355 e. The molecule has 2 N–H and O–H groups in total. The number of benzene rings is 1. The van der Waals surface area contributed by atoms with E-state index in [9.17, 15) is 4.79 Å². The zero-order chi connectivity index (χ0) is 12.4. The van der Waals surface area contributed by atoms with Gasteiger partial charge in [0.1, 0.15) is 0 Å². The Labute approximate surface area is 103 Å². The lowest BCUT2D eigenvalue weighted by Crippen LogP contribution is -1.96. The van der Waals surface area contributed by atoms with Gasteiger partial charge >= 0.3 is 0 Å². The predicted octanol–water partition coefficient (Wildman–Crippen LogP) is 2.79. The van der Waals surface area contributed by atoms with Crippen LogP contribution < -0.4 is 0 Å². The maximum absolute atomic E-state index is 11.7. The van der Waals surface area contributed by atoms with E-state index in [-0.39, 0.29) is 5.78 Å². The number of imidazole rings is 1. The van der Waals surface area contributed by atoms with Crippen LogP contribution in [0.25, 0.3) is 17.0 Å². The number of ketones is 1. The predicted molar refractivity (Wildman–Crippen MR) is 70.3 cm³/mol. The highest BCUT2D eigenvalue weighted by Gasteiger charge is 2.03. The minimum Gasteiger partial charge on any atom is -0.355 e. The summed E-state index contributed by atoms with van der Waals surface area (Å²) in [5.74, 6) is 0.209. The average molecular weight is 237 g/mol. The molecule has 0 fully saturated rings. The molecule has 0 amide bonds. The van der Waals surface area contributed by atoms with Gasteiger partial charge in [0.25, 0.3) is 0 Å². The fraction of sp³-hybridized carbons (Fsp3) is 0. The standard InChI is InChI=1S/C14H11N3O/c18-13(14-15-7-8-16-14)6-5-11-9-10-3-1-2-4-12(10)17-11/h1-9,17H,(H,15,16). The first kappa shape index (κ1) is 10.5. The summed E-state index contributed by atoms with van der Waals surface area (Å²) in [6.07, 6.45) is 6.45. The highest BCUT2D eigenvalue weighted by Crippen LogP contribution is 2.15. The number of hydrogen-bond acceptors (Lipinski definition) is 2. The molecule has 1 aromatic carbocycles. The molecule has 0 aliphatic heterocycles. The summed E-state index contributed by atoms with van der Waals surface area (Å²) in [4.78, 5) is 21.6. The SMILES string of the molecule is O=C(C=Cc1cc2ccccc2[nH]1)c1ncc[nH]1. The van der Waals surface area contributed by atoms with Crippen molar-refractivity contribution < 1.29 is 4.79 Å². The third kappa shape index (κ3) is 1.96. The van der Waals surface area contributed by atoms with E-state index in [1.807, 2.05) is 30.3 Å². The van der Waals surface area contributed by atoms with Gasteiger partial charge in [-0.15, -0.1) is 0 Å². The van der Waals surface area contributed by atoms with Crippen LogP contribution in [0.2, 0.25) is 0 Å². The Bertz CT molecular complexity index is 675. The van der Waals surface area contributed by atoms with E-state index in [4.69, 9.17) is 0 Å². The molecule has 0 saturated carbocycles. The molecule has 0 atom stereocenters. The molecule has 0 radical (unpaired) electrons. The Balaban J connectivity index is 1.86. The normalized spacial score (nSPS) is 11.3. The van der Waals surface area contributed by atoms with Gasteiger partial charge < -0.3 is 9.97 Å². The maximum Gasteiger partial charge on any atom is 0.221 e. The summed E-state index contributed by atoms with van der Waals surface area (Å²) < 4.78 is 0. The number of allylic oxidation sites excluding steroid dienone is 1. The van der Waals surface area contributed by atoms with Crippen molar-refractivity contribution >= 4 is 22.8 Å². The van der Waals surface area contributed by atoms with Crippen LogP contribution in [-0.2, 0) is 0 Å². The summed E-state index contributed by atoms with van der Waals surface area (Å²) in [5.41, 5.74) is 1.96. The van der Waals surface area contributed by atoms with Crippen molar-refractivity contribution in [3.8, 4) is 0 Å². The zero-order valence-electron chi connectivity index (χ0n) is 9.55. The first-order valence-electron chi connectivity index (χ1n) is 5.62. The van der Waals surface area contributed by atoms with Crippen LogP contribution in [0.3, 0.4) is 0 Å². The van der Waals surface area contributed by atoms with Gasteiger partial charge in [0.15, 0.2) is 5.82 Å². The van der Waals surface area contributed by atoms with E-state index >= 15 is 0 Å². The van der Waals surface area contributed by atoms with Gasteiger partial charge in [-0.3, -0.25) is 4.79 Å². The molecule has 88 valence electrons. The lowest BCUT2D eigenvalue weighted by atomic mass is 10.2. The molecule has 4 heteroatoms. The van der Waals surface area contributed by atoms with Crippen LogP contribution in [0.15, 0.2) is 48.8 Å². The molecule has 3 aromatic rings. The fourth-order valence-corrected chi connectivity index (χ4v) is 1.83. The van der Waals surface area contributed by atoms with Crippen molar-refractivity contribution in [2.24, 2.45) is 0 Å². The first-order chi connectivity index (χ1) is 8.83. The van der Waals surface area contributed by atoms with Crippen molar-refractivity contribution in [3.63, 3.8) is 0 Å². The highest BCUT2D eigenvalue weighted by molar-refractivity contribution is 6.04.